The third kappa shape index (κ3) is 3.60. The summed E-state index contributed by atoms with van der Waals surface area (Å²) < 4.78 is 24.2. The predicted octanol–water partition coefficient (Wildman–Crippen LogP) is 5.02. The van der Waals surface area contributed by atoms with Gasteiger partial charge in [0.25, 0.3) is 0 Å². The SMILES string of the molecule is COc1ccc(C(Cl)Cc2c(F)cccc2Cl)cc1OC. The number of ether oxygens (including phenoxy) is 2. The lowest BCUT2D eigenvalue weighted by atomic mass is 10.0. The van der Waals surface area contributed by atoms with Crippen LogP contribution in [0.5, 0.6) is 11.5 Å². The van der Waals surface area contributed by atoms with Crippen LogP contribution in [0, 0.1) is 5.82 Å². The van der Waals surface area contributed by atoms with Gasteiger partial charge < -0.3 is 9.47 Å². The fraction of sp³-hybridized carbons (Fsp3) is 0.250. The van der Waals surface area contributed by atoms with Crippen LogP contribution < -0.4 is 9.47 Å². The minimum atomic E-state index is -0.417. The average molecular weight is 329 g/mol. The molecule has 0 aromatic heterocycles. The number of alkyl halides is 1. The summed E-state index contributed by atoms with van der Waals surface area (Å²) in [4.78, 5) is 0. The van der Waals surface area contributed by atoms with Crippen LogP contribution in [0.1, 0.15) is 16.5 Å². The maximum atomic E-state index is 13.8. The summed E-state index contributed by atoms with van der Waals surface area (Å²) >= 11 is 12.4. The van der Waals surface area contributed by atoms with Gasteiger partial charge in [0.15, 0.2) is 11.5 Å². The third-order valence-electron chi connectivity index (χ3n) is 3.21. The minimum Gasteiger partial charge on any atom is -0.493 e. The molecule has 0 saturated heterocycles. The molecule has 1 atom stereocenters. The van der Waals surface area contributed by atoms with E-state index in [4.69, 9.17) is 32.7 Å². The molecule has 0 aliphatic carbocycles. The highest BCUT2D eigenvalue weighted by Gasteiger charge is 2.16. The molecule has 0 aliphatic heterocycles. The topological polar surface area (TPSA) is 18.5 Å². The Morgan fingerprint density at radius 1 is 1.10 bits per heavy atom. The standard InChI is InChI=1S/C16H15Cl2FO2/c1-20-15-7-6-10(8-16(15)21-2)13(18)9-11-12(17)4-3-5-14(11)19/h3-8,13H,9H2,1-2H3. The molecular formula is C16H15Cl2FO2. The number of hydrogen-bond donors (Lipinski definition) is 0. The lowest BCUT2D eigenvalue weighted by molar-refractivity contribution is 0.354. The van der Waals surface area contributed by atoms with Crippen molar-refractivity contribution in [2.24, 2.45) is 0 Å². The Labute approximate surface area is 133 Å². The Bertz CT molecular complexity index is 611. The largest absolute Gasteiger partial charge is 0.493 e. The molecule has 0 heterocycles. The fourth-order valence-electron chi connectivity index (χ4n) is 2.07. The molecular weight excluding hydrogens is 314 g/mol. The summed E-state index contributed by atoms with van der Waals surface area (Å²) in [6, 6.07) is 9.98. The molecule has 0 amide bonds. The molecule has 0 saturated carbocycles. The van der Waals surface area contributed by atoms with Crippen LogP contribution in [0.3, 0.4) is 0 Å². The molecule has 0 N–H and O–H groups in total. The first-order valence-electron chi connectivity index (χ1n) is 6.35. The van der Waals surface area contributed by atoms with Crippen molar-refractivity contribution in [1.82, 2.24) is 0 Å². The molecule has 1 unspecified atom stereocenters. The summed E-state index contributed by atoms with van der Waals surface area (Å²) in [5, 5.41) is -0.0414. The molecule has 0 radical (unpaired) electrons. The van der Waals surface area contributed by atoms with E-state index in [-0.39, 0.29) is 5.82 Å². The van der Waals surface area contributed by atoms with Gasteiger partial charge in [-0.25, -0.2) is 4.39 Å². The first kappa shape index (κ1) is 15.9. The zero-order chi connectivity index (χ0) is 15.4. The van der Waals surface area contributed by atoms with Crippen LogP contribution in [0.4, 0.5) is 4.39 Å². The molecule has 2 rings (SSSR count). The molecule has 112 valence electrons. The van der Waals surface area contributed by atoms with Crippen molar-refractivity contribution >= 4 is 23.2 Å². The lowest BCUT2D eigenvalue weighted by Gasteiger charge is -2.14. The second-order valence-electron chi connectivity index (χ2n) is 4.49. The van der Waals surface area contributed by atoms with Crippen LogP contribution in [0.2, 0.25) is 5.02 Å². The summed E-state index contributed by atoms with van der Waals surface area (Å²) in [7, 11) is 3.12. The highest BCUT2D eigenvalue weighted by molar-refractivity contribution is 6.31. The summed E-state index contributed by atoms with van der Waals surface area (Å²) in [5.74, 6) is 0.850. The fourth-order valence-corrected chi connectivity index (χ4v) is 2.60. The van der Waals surface area contributed by atoms with Crippen molar-refractivity contribution in [1.29, 1.82) is 0 Å². The van der Waals surface area contributed by atoms with Crippen molar-refractivity contribution in [2.45, 2.75) is 11.8 Å². The minimum absolute atomic E-state index is 0.294. The number of methoxy groups -OCH3 is 2. The normalized spacial score (nSPS) is 12.0. The smallest absolute Gasteiger partial charge is 0.161 e. The number of halogens is 3. The van der Waals surface area contributed by atoms with E-state index in [2.05, 4.69) is 0 Å². The van der Waals surface area contributed by atoms with Crippen LogP contribution >= 0.6 is 23.2 Å². The van der Waals surface area contributed by atoms with Crippen LogP contribution in [-0.2, 0) is 6.42 Å². The van der Waals surface area contributed by atoms with Crippen molar-refractivity contribution < 1.29 is 13.9 Å². The number of benzene rings is 2. The van der Waals surface area contributed by atoms with Crippen LogP contribution in [0.15, 0.2) is 36.4 Å². The van der Waals surface area contributed by atoms with Gasteiger partial charge in [0, 0.05) is 10.6 Å². The van der Waals surface area contributed by atoms with Crippen molar-refractivity contribution in [2.75, 3.05) is 14.2 Å². The van der Waals surface area contributed by atoms with E-state index in [9.17, 15) is 4.39 Å². The Kier molecular flexibility index (Phi) is 5.32. The Hall–Kier alpha value is -1.45. The van der Waals surface area contributed by atoms with E-state index in [1.165, 1.54) is 6.07 Å². The second kappa shape index (κ2) is 7.01. The highest BCUT2D eigenvalue weighted by Crippen LogP contribution is 2.35. The molecule has 0 fully saturated rings. The van der Waals surface area contributed by atoms with Crippen molar-refractivity contribution in [3.63, 3.8) is 0 Å². The molecule has 21 heavy (non-hydrogen) atoms. The molecule has 2 nitrogen and oxygen atoms in total. The van der Waals surface area contributed by atoms with Gasteiger partial charge in [-0.05, 0) is 36.2 Å². The van der Waals surface area contributed by atoms with Gasteiger partial charge in [-0.3, -0.25) is 0 Å². The van der Waals surface area contributed by atoms with Crippen molar-refractivity contribution in [3.05, 3.63) is 58.4 Å². The predicted molar refractivity (Wildman–Crippen MR) is 83.3 cm³/mol. The lowest BCUT2D eigenvalue weighted by Crippen LogP contribution is -2.00. The zero-order valence-electron chi connectivity index (χ0n) is 11.7. The summed E-state index contributed by atoms with van der Waals surface area (Å²) in [6.07, 6.45) is 0.294. The van der Waals surface area contributed by atoms with Gasteiger partial charge in [0.05, 0.1) is 19.6 Å². The van der Waals surface area contributed by atoms with Crippen LogP contribution in [0.25, 0.3) is 0 Å². The third-order valence-corrected chi connectivity index (χ3v) is 3.97. The quantitative estimate of drug-likeness (QED) is 0.717. The second-order valence-corrected chi connectivity index (χ2v) is 5.42. The number of rotatable bonds is 5. The molecule has 2 aromatic carbocycles. The monoisotopic (exact) mass is 328 g/mol. The van der Waals surface area contributed by atoms with Crippen molar-refractivity contribution in [3.8, 4) is 11.5 Å². The van der Waals surface area contributed by atoms with E-state index < -0.39 is 5.38 Å². The van der Waals surface area contributed by atoms with E-state index in [1.807, 2.05) is 6.07 Å². The van der Waals surface area contributed by atoms with Gasteiger partial charge in [-0.2, -0.15) is 0 Å². The molecule has 0 bridgehead atoms. The summed E-state index contributed by atoms with van der Waals surface area (Å²) in [6.45, 7) is 0. The molecule has 0 spiro atoms. The van der Waals surface area contributed by atoms with E-state index in [0.29, 0.717) is 28.5 Å². The Balaban J connectivity index is 2.26. The van der Waals surface area contributed by atoms with Gasteiger partial charge in [-0.15, -0.1) is 11.6 Å². The zero-order valence-corrected chi connectivity index (χ0v) is 13.2. The van der Waals surface area contributed by atoms with E-state index >= 15 is 0 Å². The molecule has 2 aromatic rings. The molecule has 0 aliphatic rings. The van der Waals surface area contributed by atoms with Gasteiger partial charge in [0.2, 0.25) is 0 Å². The Morgan fingerprint density at radius 3 is 2.43 bits per heavy atom. The first-order chi connectivity index (χ1) is 10.1. The maximum Gasteiger partial charge on any atom is 0.161 e. The summed E-state index contributed by atoms with van der Waals surface area (Å²) in [5.41, 5.74) is 1.22. The van der Waals surface area contributed by atoms with Gasteiger partial charge in [0.1, 0.15) is 5.82 Å². The number of hydrogen-bond acceptors (Lipinski definition) is 2. The van der Waals surface area contributed by atoms with E-state index in [1.54, 1.807) is 38.5 Å². The Morgan fingerprint density at radius 2 is 1.81 bits per heavy atom. The average Bonchev–Trinajstić information content (AvgIpc) is 2.50. The highest BCUT2D eigenvalue weighted by atomic mass is 35.5. The molecule has 5 heteroatoms. The van der Waals surface area contributed by atoms with Gasteiger partial charge >= 0.3 is 0 Å². The van der Waals surface area contributed by atoms with Crippen LogP contribution in [-0.4, -0.2) is 14.2 Å². The van der Waals surface area contributed by atoms with Gasteiger partial charge in [-0.1, -0.05) is 23.7 Å². The van der Waals surface area contributed by atoms with E-state index in [0.717, 1.165) is 5.56 Å². The maximum absolute atomic E-state index is 13.8. The first-order valence-corrected chi connectivity index (χ1v) is 7.17.